The van der Waals surface area contributed by atoms with E-state index < -0.39 is 0 Å². The minimum atomic E-state index is 0.739. The molecule has 0 unspecified atom stereocenters. The Kier molecular flexibility index (Phi) is 5.58. The molecule has 0 aliphatic carbocycles. The van der Waals surface area contributed by atoms with Crippen LogP contribution in [0.3, 0.4) is 0 Å². The minimum absolute atomic E-state index is 0.739. The quantitative estimate of drug-likeness (QED) is 0.347. The molecular formula is C22H22N6OS. The van der Waals surface area contributed by atoms with Crippen molar-refractivity contribution >= 4 is 28.6 Å². The van der Waals surface area contributed by atoms with Gasteiger partial charge in [-0.15, -0.1) is 0 Å². The lowest BCUT2D eigenvalue weighted by Crippen LogP contribution is -2.46. The average Bonchev–Trinajstić information content (AvgIpc) is 3.32. The Balaban J connectivity index is 1.30. The molecule has 0 radical (unpaired) electrons. The van der Waals surface area contributed by atoms with Crippen LogP contribution in [0.5, 0.6) is 0 Å². The van der Waals surface area contributed by atoms with Gasteiger partial charge in [0.15, 0.2) is 0 Å². The third kappa shape index (κ3) is 4.29. The van der Waals surface area contributed by atoms with Gasteiger partial charge in [0, 0.05) is 44.0 Å². The lowest BCUT2D eigenvalue weighted by molar-refractivity contribution is 0.242. The molecule has 0 amide bonds. The molecule has 5 rings (SSSR count). The Labute approximate surface area is 179 Å². The van der Waals surface area contributed by atoms with Gasteiger partial charge < -0.3 is 9.32 Å². The molecule has 0 atom stereocenters. The minimum Gasteiger partial charge on any atom is -0.468 e. The van der Waals surface area contributed by atoms with E-state index in [1.165, 1.54) is 0 Å². The fourth-order valence-corrected chi connectivity index (χ4v) is 4.51. The maximum absolute atomic E-state index is 5.48. The average molecular weight is 419 g/mol. The van der Waals surface area contributed by atoms with Crippen LogP contribution < -0.4 is 4.90 Å². The zero-order chi connectivity index (χ0) is 20.2. The Morgan fingerprint density at radius 2 is 1.73 bits per heavy atom. The number of thioether (sulfide) groups is 1. The van der Waals surface area contributed by atoms with Crippen molar-refractivity contribution < 1.29 is 4.42 Å². The first-order valence-electron chi connectivity index (χ1n) is 10.0. The molecule has 8 heteroatoms. The van der Waals surface area contributed by atoms with Crippen molar-refractivity contribution in [1.82, 2.24) is 24.8 Å². The van der Waals surface area contributed by atoms with Gasteiger partial charge in [0.2, 0.25) is 5.95 Å². The van der Waals surface area contributed by atoms with Gasteiger partial charge in [-0.05, 0) is 24.3 Å². The van der Waals surface area contributed by atoms with Gasteiger partial charge in [0.05, 0.1) is 24.1 Å². The largest absolute Gasteiger partial charge is 0.468 e. The van der Waals surface area contributed by atoms with E-state index in [1.54, 1.807) is 30.4 Å². The van der Waals surface area contributed by atoms with E-state index in [-0.39, 0.29) is 0 Å². The van der Waals surface area contributed by atoms with Crippen molar-refractivity contribution in [3.05, 3.63) is 72.7 Å². The molecule has 7 nitrogen and oxygen atoms in total. The summed E-state index contributed by atoms with van der Waals surface area (Å²) < 4.78 is 5.48. The van der Waals surface area contributed by atoms with Crippen molar-refractivity contribution in [2.45, 2.75) is 17.3 Å². The van der Waals surface area contributed by atoms with E-state index in [0.29, 0.717) is 0 Å². The van der Waals surface area contributed by atoms with Gasteiger partial charge in [-0.3, -0.25) is 4.90 Å². The molecule has 152 valence electrons. The molecule has 0 N–H and O–H groups in total. The molecule has 0 spiro atoms. The number of para-hydroxylation sites is 1. The van der Waals surface area contributed by atoms with Gasteiger partial charge in [-0.2, -0.15) is 0 Å². The molecule has 1 fully saturated rings. The second-order valence-corrected chi connectivity index (χ2v) is 8.11. The summed E-state index contributed by atoms with van der Waals surface area (Å²) in [5.74, 6) is 3.36. The molecule has 1 aromatic carbocycles. The highest BCUT2D eigenvalue weighted by Gasteiger charge is 2.20. The molecule has 1 aliphatic heterocycles. The molecule has 3 aromatic heterocycles. The fraction of sp³-hybridized carbons (Fsp3) is 0.273. The highest BCUT2D eigenvalue weighted by Crippen LogP contribution is 2.28. The zero-order valence-electron chi connectivity index (χ0n) is 16.5. The number of rotatable bonds is 6. The van der Waals surface area contributed by atoms with Crippen molar-refractivity contribution in [2.75, 3.05) is 31.1 Å². The summed E-state index contributed by atoms with van der Waals surface area (Å²) in [5.41, 5.74) is 0.987. The SMILES string of the molecule is c1cnc(N2CCN(Cc3nc(SCc4ccco4)c4ccccc4n3)CC2)nc1. The summed E-state index contributed by atoms with van der Waals surface area (Å²) in [7, 11) is 0. The van der Waals surface area contributed by atoms with E-state index in [1.807, 2.05) is 30.3 Å². The molecule has 4 heterocycles. The van der Waals surface area contributed by atoms with Crippen LogP contribution in [-0.4, -0.2) is 51.0 Å². The van der Waals surface area contributed by atoms with Crippen molar-refractivity contribution in [1.29, 1.82) is 0 Å². The Hall–Kier alpha value is -2.97. The first-order chi connectivity index (χ1) is 14.8. The Bertz CT molecular complexity index is 1100. The summed E-state index contributed by atoms with van der Waals surface area (Å²) in [6.07, 6.45) is 5.29. The lowest BCUT2D eigenvalue weighted by atomic mass is 10.2. The van der Waals surface area contributed by atoms with Crippen molar-refractivity contribution in [2.24, 2.45) is 0 Å². The first kappa shape index (κ1) is 19.0. The van der Waals surface area contributed by atoms with Crippen LogP contribution in [0, 0.1) is 0 Å². The van der Waals surface area contributed by atoms with Crippen LogP contribution in [0.2, 0.25) is 0 Å². The van der Waals surface area contributed by atoms with Crippen LogP contribution in [0.15, 0.2) is 70.6 Å². The summed E-state index contributed by atoms with van der Waals surface area (Å²) >= 11 is 1.69. The molecule has 0 bridgehead atoms. The molecule has 1 aliphatic rings. The number of piperazine rings is 1. The maximum Gasteiger partial charge on any atom is 0.225 e. The first-order valence-corrected chi connectivity index (χ1v) is 11.0. The monoisotopic (exact) mass is 418 g/mol. The number of anilines is 1. The summed E-state index contributed by atoms with van der Waals surface area (Å²) in [6, 6.07) is 14.0. The predicted octanol–water partition coefficient (Wildman–Crippen LogP) is 3.63. The van der Waals surface area contributed by atoms with E-state index in [9.17, 15) is 0 Å². The second kappa shape index (κ2) is 8.81. The molecule has 30 heavy (non-hydrogen) atoms. The third-order valence-electron chi connectivity index (χ3n) is 5.12. The van der Waals surface area contributed by atoms with Gasteiger partial charge in [0.1, 0.15) is 16.6 Å². The van der Waals surface area contributed by atoms with Crippen LogP contribution >= 0.6 is 11.8 Å². The van der Waals surface area contributed by atoms with Crippen LogP contribution in [0.25, 0.3) is 10.9 Å². The predicted molar refractivity (Wildman–Crippen MR) is 117 cm³/mol. The second-order valence-electron chi connectivity index (χ2n) is 7.14. The summed E-state index contributed by atoms with van der Waals surface area (Å²) in [6.45, 7) is 4.41. The lowest BCUT2D eigenvalue weighted by Gasteiger charge is -2.34. The van der Waals surface area contributed by atoms with E-state index >= 15 is 0 Å². The number of nitrogens with zero attached hydrogens (tertiary/aromatic N) is 6. The topological polar surface area (TPSA) is 71.2 Å². The van der Waals surface area contributed by atoms with Crippen molar-refractivity contribution in [3.8, 4) is 0 Å². The fourth-order valence-electron chi connectivity index (χ4n) is 3.57. The maximum atomic E-state index is 5.48. The van der Waals surface area contributed by atoms with E-state index in [4.69, 9.17) is 14.4 Å². The Morgan fingerprint density at radius 3 is 2.53 bits per heavy atom. The molecular weight excluding hydrogens is 396 g/mol. The number of furan rings is 1. The van der Waals surface area contributed by atoms with E-state index in [0.717, 1.165) is 71.9 Å². The number of aromatic nitrogens is 4. The highest BCUT2D eigenvalue weighted by atomic mass is 32.2. The highest BCUT2D eigenvalue weighted by molar-refractivity contribution is 7.98. The van der Waals surface area contributed by atoms with Crippen LogP contribution in [-0.2, 0) is 12.3 Å². The van der Waals surface area contributed by atoms with Crippen LogP contribution in [0.1, 0.15) is 11.6 Å². The third-order valence-corrected chi connectivity index (χ3v) is 6.13. The molecule has 0 saturated carbocycles. The van der Waals surface area contributed by atoms with Gasteiger partial charge in [-0.1, -0.05) is 30.0 Å². The summed E-state index contributed by atoms with van der Waals surface area (Å²) in [5, 5.41) is 2.09. The van der Waals surface area contributed by atoms with Gasteiger partial charge in [0.25, 0.3) is 0 Å². The normalized spacial score (nSPS) is 15.0. The van der Waals surface area contributed by atoms with Crippen LogP contribution in [0.4, 0.5) is 5.95 Å². The van der Waals surface area contributed by atoms with Gasteiger partial charge >= 0.3 is 0 Å². The standard InChI is InChI=1S/C22H22N6OS/c1-2-7-19-18(6-1)21(30-16-17-5-3-14-29-17)26-20(25-19)15-27-10-12-28(13-11-27)22-23-8-4-9-24-22/h1-9,14H,10-13,15-16H2. The summed E-state index contributed by atoms with van der Waals surface area (Å²) in [4.78, 5) is 23.1. The Morgan fingerprint density at radius 1 is 0.900 bits per heavy atom. The number of fused-ring (bicyclic) bond motifs is 1. The number of hydrogen-bond donors (Lipinski definition) is 0. The zero-order valence-corrected chi connectivity index (χ0v) is 17.3. The van der Waals surface area contributed by atoms with E-state index in [2.05, 4.69) is 31.9 Å². The van der Waals surface area contributed by atoms with Gasteiger partial charge in [-0.25, -0.2) is 19.9 Å². The number of hydrogen-bond acceptors (Lipinski definition) is 8. The molecule has 4 aromatic rings. The smallest absolute Gasteiger partial charge is 0.225 e. The number of benzene rings is 1. The van der Waals surface area contributed by atoms with Crippen molar-refractivity contribution in [3.63, 3.8) is 0 Å². The molecule has 1 saturated heterocycles.